The number of nitrogens with one attached hydrogen (secondary N) is 1. The zero-order valence-corrected chi connectivity index (χ0v) is 12.9. The lowest BCUT2D eigenvalue weighted by atomic mass is 9.89. The lowest BCUT2D eigenvalue weighted by Crippen LogP contribution is -2.19. The van der Waals surface area contributed by atoms with Gasteiger partial charge >= 0.3 is 0 Å². The van der Waals surface area contributed by atoms with Gasteiger partial charge in [0.1, 0.15) is 18.7 Å². The Labute approximate surface area is 133 Å². The number of aromatic nitrogens is 2. The first-order chi connectivity index (χ1) is 10.7. The van der Waals surface area contributed by atoms with Crippen molar-refractivity contribution in [3.63, 3.8) is 0 Å². The average Bonchev–Trinajstić information content (AvgIpc) is 2.99. The lowest BCUT2D eigenvalue weighted by Gasteiger charge is -2.05. The minimum atomic E-state index is -0.0547. The Morgan fingerprint density at radius 2 is 1.95 bits per heavy atom. The van der Waals surface area contributed by atoms with Crippen molar-refractivity contribution in [3.8, 4) is 10.6 Å². The Morgan fingerprint density at radius 1 is 1.18 bits per heavy atom. The van der Waals surface area contributed by atoms with E-state index in [1.165, 1.54) is 11.3 Å². The number of benzene rings is 1. The first kappa shape index (κ1) is 14.5. The van der Waals surface area contributed by atoms with Crippen molar-refractivity contribution >= 4 is 36.4 Å². The van der Waals surface area contributed by atoms with Crippen LogP contribution in [0.15, 0.2) is 54.2 Å². The Hall–Kier alpha value is -2.47. The zero-order valence-electron chi connectivity index (χ0n) is 12.1. The molecule has 6 heteroatoms. The van der Waals surface area contributed by atoms with Crippen LogP contribution in [0.25, 0.3) is 10.6 Å². The molecule has 0 aliphatic heterocycles. The second-order valence-corrected chi connectivity index (χ2v) is 5.78. The molecule has 1 N–H and O–H groups in total. The lowest BCUT2D eigenvalue weighted by molar-refractivity contribution is -0.115. The molecule has 0 saturated heterocycles. The number of carbonyl (C=O) groups excluding carboxylic acids is 1. The fourth-order valence-corrected chi connectivity index (χ4v) is 2.88. The fraction of sp³-hybridized carbons (Fsp3) is 0.0625. The number of hydrogen-bond acceptors (Lipinski definition) is 4. The third-order valence-corrected chi connectivity index (χ3v) is 4.20. The van der Waals surface area contributed by atoms with Crippen molar-refractivity contribution < 1.29 is 4.79 Å². The number of amides is 1. The summed E-state index contributed by atoms with van der Waals surface area (Å²) < 4.78 is 0. The minimum absolute atomic E-state index is 0.0547. The average molecular weight is 307 g/mol. The molecule has 0 fully saturated rings. The van der Waals surface area contributed by atoms with Crippen molar-refractivity contribution in [2.24, 2.45) is 0 Å². The maximum atomic E-state index is 12.1. The molecule has 2 heterocycles. The van der Waals surface area contributed by atoms with Gasteiger partial charge in [0.25, 0.3) is 0 Å². The number of pyridine rings is 1. The molecule has 1 amide bonds. The monoisotopic (exact) mass is 307 g/mol. The number of carbonyl (C=O) groups is 1. The molecule has 0 saturated carbocycles. The van der Waals surface area contributed by atoms with Crippen molar-refractivity contribution in [1.82, 2.24) is 9.97 Å². The van der Waals surface area contributed by atoms with E-state index >= 15 is 0 Å². The molecule has 0 aliphatic rings. The second kappa shape index (κ2) is 6.53. The van der Waals surface area contributed by atoms with E-state index in [0.717, 1.165) is 21.6 Å². The highest BCUT2D eigenvalue weighted by molar-refractivity contribution is 7.13. The number of nitrogens with zero attached hydrogens (tertiary/aromatic N) is 2. The van der Waals surface area contributed by atoms with Crippen molar-refractivity contribution in [3.05, 3.63) is 59.7 Å². The van der Waals surface area contributed by atoms with Crippen LogP contribution < -0.4 is 10.8 Å². The van der Waals surface area contributed by atoms with Crippen LogP contribution in [-0.2, 0) is 11.2 Å². The molecule has 4 nitrogen and oxygen atoms in total. The van der Waals surface area contributed by atoms with E-state index in [1.54, 1.807) is 12.4 Å². The summed E-state index contributed by atoms with van der Waals surface area (Å²) >= 11 is 1.50. The summed E-state index contributed by atoms with van der Waals surface area (Å²) in [6.45, 7) is 0. The van der Waals surface area contributed by atoms with Gasteiger partial charge in [-0.15, -0.1) is 11.3 Å². The number of anilines is 1. The Morgan fingerprint density at radius 3 is 2.73 bits per heavy atom. The molecule has 0 bridgehead atoms. The number of thiazole rings is 1. The van der Waals surface area contributed by atoms with Crippen LogP contribution in [0.4, 0.5) is 5.82 Å². The smallest absolute Gasteiger partial charge is 0.229 e. The Balaban J connectivity index is 1.68. The third kappa shape index (κ3) is 3.40. The van der Waals surface area contributed by atoms with E-state index in [4.69, 9.17) is 0 Å². The van der Waals surface area contributed by atoms with E-state index in [9.17, 15) is 4.79 Å². The highest BCUT2D eigenvalue weighted by Gasteiger charge is 2.09. The van der Waals surface area contributed by atoms with Gasteiger partial charge in [0.15, 0.2) is 0 Å². The summed E-state index contributed by atoms with van der Waals surface area (Å²) in [5.41, 5.74) is 3.15. The molecular formula is C16H14BN3OS. The van der Waals surface area contributed by atoms with Gasteiger partial charge < -0.3 is 5.32 Å². The molecule has 0 spiro atoms. The minimum Gasteiger partial charge on any atom is -0.310 e. The zero-order chi connectivity index (χ0) is 15.4. The van der Waals surface area contributed by atoms with E-state index in [1.807, 2.05) is 49.6 Å². The highest BCUT2D eigenvalue weighted by Crippen LogP contribution is 2.25. The van der Waals surface area contributed by atoms with E-state index in [-0.39, 0.29) is 5.91 Å². The van der Waals surface area contributed by atoms with Gasteiger partial charge in [-0.3, -0.25) is 9.78 Å². The predicted molar refractivity (Wildman–Crippen MR) is 92.3 cm³/mol. The molecule has 0 aliphatic carbocycles. The first-order valence-electron chi connectivity index (χ1n) is 6.92. The standard InChI is InChI=1S/C16H14BN3OS/c17-13-4-2-1-3-12(13)9-15(21)19-14-10-22-16(20-14)11-5-7-18-8-6-11/h1-8,10H,9,17H2,(H,19,21). The molecule has 108 valence electrons. The van der Waals surface area contributed by atoms with Gasteiger partial charge in [0.05, 0.1) is 6.42 Å². The van der Waals surface area contributed by atoms with Crippen molar-refractivity contribution in [2.45, 2.75) is 6.42 Å². The maximum Gasteiger partial charge on any atom is 0.229 e. The van der Waals surface area contributed by atoms with Crippen molar-refractivity contribution in [1.29, 1.82) is 0 Å². The molecule has 2 aromatic heterocycles. The van der Waals surface area contributed by atoms with Gasteiger partial charge in [0, 0.05) is 23.3 Å². The molecule has 0 radical (unpaired) electrons. The SMILES string of the molecule is Bc1ccccc1CC(=O)Nc1csc(-c2ccncc2)n1. The Kier molecular flexibility index (Phi) is 4.30. The fourth-order valence-electron chi connectivity index (χ4n) is 2.13. The van der Waals surface area contributed by atoms with Crippen LogP contribution in [0.5, 0.6) is 0 Å². The molecule has 1 aromatic carbocycles. The van der Waals surface area contributed by atoms with Gasteiger partial charge in [-0.05, 0) is 17.7 Å². The number of hydrogen-bond donors (Lipinski definition) is 1. The predicted octanol–water partition coefficient (Wildman–Crippen LogP) is 1.64. The van der Waals surface area contributed by atoms with Crippen molar-refractivity contribution in [2.75, 3.05) is 5.32 Å². The summed E-state index contributed by atoms with van der Waals surface area (Å²) in [5, 5.41) is 5.57. The first-order valence-corrected chi connectivity index (χ1v) is 7.80. The maximum absolute atomic E-state index is 12.1. The molecule has 22 heavy (non-hydrogen) atoms. The Bertz CT molecular complexity index is 789. The van der Waals surface area contributed by atoms with Crippen LogP contribution in [0, 0.1) is 0 Å². The van der Waals surface area contributed by atoms with E-state index < -0.39 is 0 Å². The van der Waals surface area contributed by atoms with Crippen LogP contribution in [0.3, 0.4) is 0 Å². The summed E-state index contributed by atoms with van der Waals surface area (Å²) in [7, 11) is 2.01. The van der Waals surface area contributed by atoms with Gasteiger partial charge in [-0.2, -0.15) is 0 Å². The number of rotatable bonds is 4. The summed E-state index contributed by atoms with van der Waals surface area (Å²) in [4.78, 5) is 20.6. The molecule has 0 unspecified atom stereocenters. The van der Waals surface area contributed by atoms with Gasteiger partial charge in [0.2, 0.25) is 5.91 Å². The molecule has 0 atom stereocenters. The third-order valence-electron chi connectivity index (χ3n) is 3.31. The van der Waals surface area contributed by atoms with Crippen LogP contribution >= 0.6 is 11.3 Å². The van der Waals surface area contributed by atoms with Crippen LogP contribution in [0.2, 0.25) is 0 Å². The quantitative estimate of drug-likeness (QED) is 0.746. The van der Waals surface area contributed by atoms with Gasteiger partial charge in [-0.1, -0.05) is 29.7 Å². The summed E-state index contributed by atoms with van der Waals surface area (Å²) in [5.74, 6) is 0.538. The summed E-state index contributed by atoms with van der Waals surface area (Å²) in [6.07, 6.45) is 3.81. The van der Waals surface area contributed by atoms with E-state index in [2.05, 4.69) is 15.3 Å². The van der Waals surface area contributed by atoms with E-state index in [0.29, 0.717) is 12.2 Å². The summed E-state index contributed by atoms with van der Waals surface area (Å²) in [6, 6.07) is 11.7. The second-order valence-electron chi connectivity index (χ2n) is 4.93. The topological polar surface area (TPSA) is 54.9 Å². The largest absolute Gasteiger partial charge is 0.310 e. The van der Waals surface area contributed by atoms with Gasteiger partial charge in [-0.25, -0.2) is 4.98 Å². The van der Waals surface area contributed by atoms with Crippen LogP contribution in [0.1, 0.15) is 5.56 Å². The van der Waals surface area contributed by atoms with Crippen LogP contribution in [-0.4, -0.2) is 23.7 Å². The highest BCUT2D eigenvalue weighted by atomic mass is 32.1. The molecule has 3 rings (SSSR count). The normalized spacial score (nSPS) is 10.4. The molecule has 3 aromatic rings. The molecular weight excluding hydrogens is 293 g/mol.